The van der Waals surface area contributed by atoms with Crippen LogP contribution in [0.3, 0.4) is 0 Å². The lowest BCUT2D eigenvalue weighted by atomic mass is 10.1. The second kappa shape index (κ2) is 3.32. The number of halogens is 1. The largest absolute Gasteiger partial charge is 0.328 e. The molecule has 1 aliphatic heterocycles. The van der Waals surface area contributed by atoms with E-state index in [1.165, 1.54) is 5.52 Å². The van der Waals surface area contributed by atoms with Crippen LogP contribution in [0.15, 0.2) is 22.7 Å². The summed E-state index contributed by atoms with van der Waals surface area (Å²) in [6.45, 7) is 0.995. The molecular formula is C11H12BrN3. The Bertz CT molecular complexity index is 518. The lowest BCUT2D eigenvalue weighted by Crippen LogP contribution is -2.30. The number of benzene rings is 1. The van der Waals surface area contributed by atoms with E-state index in [4.69, 9.17) is 5.73 Å². The highest BCUT2D eigenvalue weighted by atomic mass is 79.9. The van der Waals surface area contributed by atoms with Crippen molar-refractivity contribution in [3.63, 3.8) is 0 Å². The van der Waals surface area contributed by atoms with Crippen LogP contribution in [0.1, 0.15) is 12.2 Å². The molecular weight excluding hydrogens is 254 g/mol. The Morgan fingerprint density at radius 2 is 2.33 bits per heavy atom. The molecule has 15 heavy (non-hydrogen) atoms. The molecule has 1 aromatic heterocycles. The average Bonchev–Trinajstić information content (AvgIpc) is 2.53. The summed E-state index contributed by atoms with van der Waals surface area (Å²) in [6, 6.07) is 6.52. The Morgan fingerprint density at radius 3 is 3.20 bits per heavy atom. The van der Waals surface area contributed by atoms with E-state index in [1.807, 2.05) is 0 Å². The maximum atomic E-state index is 5.94. The van der Waals surface area contributed by atoms with Crippen molar-refractivity contribution in [3.8, 4) is 0 Å². The van der Waals surface area contributed by atoms with Crippen LogP contribution >= 0.6 is 15.9 Å². The van der Waals surface area contributed by atoms with Crippen LogP contribution in [0.2, 0.25) is 0 Å². The molecule has 0 bridgehead atoms. The Balaban J connectivity index is 2.23. The first-order chi connectivity index (χ1) is 7.24. The van der Waals surface area contributed by atoms with Crippen molar-refractivity contribution in [3.05, 3.63) is 28.5 Å². The van der Waals surface area contributed by atoms with Gasteiger partial charge in [0.15, 0.2) is 0 Å². The molecule has 3 rings (SSSR count). The van der Waals surface area contributed by atoms with Gasteiger partial charge in [-0.05, 0) is 24.6 Å². The minimum absolute atomic E-state index is 0.276. The average molecular weight is 266 g/mol. The molecule has 4 heteroatoms. The first-order valence-corrected chi connectivity index (χ1v) is 5.93. The monoisotopic (exact) mass is 265 g/mol. The maximum absolute atomic E-state index is 5.94. The molecule has 78 valence electrons. The van der Waals surface area contributed by atoms with Gasteiger partial charge in [0.2, 0.25) is 0 Å². The van der Waals surface area contributed by atoms with Crippen LogP contribution in [0, 0.1) is 0 Å². The van der Waals surface area contributed by atoms with Crippen molar-refractivity contribution in [2.24, 2.45) is 5.73 Å². The molecule has 1 aliphatic rings. The molecule has 2 N–H and O–H groups in total. The Labute approximate surface area is 96.4 Å². The van der Waals surface area contributed by atoms with Crippen LogP contribution in [0.4, 0.5) is 0 Å². The number of rotatable bonds is 0. The highest BCUT2D eigenvalue weighted by Gasteiger charge is 2.19. The van der Waals surface area contributed by atoms with Crippen molar-refractivity contribution >= 4 is 27.0 Å². The number of fused-ring (bicyclic) bond motifs is 3. The number of nitrogens with zero attached hydrogens (tertiary/aromatic N) is 2. The Hall–Kier alpha value is -0.870. The number of aryl methyl sites for hydroxylation is 1. The summed E-state index contributed by atoms with van der Waals surface area (Å²) in [4.78, 5) is 4.62. The van der Waals surface area contributed by atoms with Gasteiger partial charge in [0, 0.05) is 23.5 Å². The summed E-state index contributed by atoms with van der Waals surface area (Å²) in [5.41, 5.74) is 8.22. The zero-order valence-electron chi connectivity index (χ0n) is 8.28. The molecule has 0 aliphatic carbocycles. The summed E-state index contributed by atoms with van der Waals surface area (Å²) >= 11 is 3.46. The number of nitrogens with two attached hydrogens (primary N) is 1. The molecule has 3 nitrogen and oxygen atoms in total. The van der Waals surface area contributed by atoms with Crippen molar-refractivity contribution in [1.82, 2.24) is 9.55 Å². The number of imidazole rings is 1. The fraction of sp³-hybridized carbons (Fsp3) is 0.364. The third-order valence-corrected chi connectivity index (χ3v) is 3.45. The van der Waals surface area contributed by atoms with Gasteiger partial charge in [-0.3, -0.25) is 0 Å². The maximum Gasteiger partial charge on any atom is 0.111 e. The van der Waals surface area contributed by atoms with Gasteiger partial charge in [-0.1, -0.05) is 15.9 Å². The second-order valence-corrected chi connectivity index (χ2v) is 4.98. The van der Waals surface area contributed by atoms with Gasteiger partial charge in [-0.15, -0.1) is 0 Å². The zero-order chi connectivity index (χ0) is 10.4. The molecule has 0 radical (unpaired) electrons. The summed E-state index contributed by atoms with van der Waals surface area (Å²) in [6.07, 6.45) is 1.95. The fourth-order valence-electron chi connectivity index (χ4n) is 2.19. The predicted molar refractivity (Wildman–Crippen MR) is 63.7 cm³/mol. The van der Waals surface area contributed by atoms with Crippen molar-refractivity contribution < 1.29 is 0 Å². The topological polar surface area (TPSA) is 43.8 Å². The smallest absolute Gasteiger partial charge is 0.111 e. The Kier molecular flexibility index (Phi) is 2.07. The van der Waals surface area contributed by atoms with E-state index in [9.17, 15) is 0 Å². The normalized spacial score (nSPS) is 20.5. The van der Waals surface area contributed by atoms with Gasteiger partial charge < -0.3 is 10.3 Å². The van der Waals surface area contributed by atoms with Crippen LogP contribution in [0.25, 0.3) is 11.0 Å². The van der Waals surface area contributed by atoms with Gasteiger partial charge >= 0.3 is 0 Å². The first-order valence-electron chi connectivity index (χ1n) is 5.14. The fourth-order valence-corrected chi connectivity index (χ4v) is 2.54. The molecule has 0 amide bonds. The molecule has 0 spiro atoms. The summed E-state index contributed by atoms with van der Waals surface area (Å²) in [5, 5.41) is 0. The van der Waals surface area contributed by atoms with E-state index in [2.05, 4.69) is 43.7 Å². The lowest BCUT2D eigenvalue weighted by molar-refractivity contribution is 0.471. The van der Waals surface area contributed by atoms with Gasteiger partial charge in [0.25, 0.3) is 0 Å². The lowest BCUT2D eigenvalue weighted by Gasteiger charge is -2.19. The van der Waals surface area contributed by atoms with Crippen molar-refractivity contribution in [2.75, 3.05) is 0 Å². The molecule has 0 fully saturated rings. The van der Waals surface area contributed by atoms with Crippen LogP contribution in [-0.2, 0) is 13.0 Å². The molecule has 0 saturated heterocycles. The van der Waals surface area contributed by atoms with Crippen LogP contribution in [-0.4, -0.2) is 15.6 Å². The highest BCUT2D eigenvalue weighted by Crippen LogP contribution is 2.24. The minimum Gasteiger partial charge on any atom is -0.328 e. The predicted octanol–water partition coefficient (Wildman–Crippen LogP) is 2.07. The van der Waals surface area contributed by atoms with E-state index in [-0.39, 0.29) is 6.04 Å². The summed E-state index contributed by atoms with van der Waals surface area (Å²) < 4.78 is 3.36. The molecule has 1 aromatic carbocycles. The van der Waals surface area contributed by atoms with Crippen LogP contribution in [0.5, 0.6) is 0 Å². The zero-order valence-corrected chi connectivity index (χ0v) is 9.87. The molecule has 1 atom stereocenters. The van der Waals surface area contributed by atoms with Gasteiger partial charge in [-0.2, -0.15) is 0 Å². The van der Waals surface area contributed by atoms with E-state index in [0.29, 0.717) is 0 Å². The number of hydrogen-bond acceptors (Lipinski definition) is 2. The standard InChI is InChI=1S/C11H12BrN3/c12-7-1-2-10-9(5-7)14-11-6-8(13)3-4-15(10)11/h1-2,5,8H,3-4,6,13H2. The summed E-state index contributed by atoms with van der Waals surface area (Å²) in [7, 11) is 0. The SMILES string of the molecule is NC1CCn2c(nc3cc(Br)ccc32)C1. The Morgan fingerprint density at radius 1 is 1.47 bits per heavy atom. The van der Waals surface area contributed by atoms with Crippen molar-refractivity contribution in [2.45, 2.75) is 25.4 Å². The van der Waals surface area contributed by atoms with E-state index in [1.54, 1.807) is 0 Å². The number of aromatic nitrogens is 2. The van der Waals surface area contributed by atoms with E-state index >= 15 is 0 Å². The highest BCUT2D eigenvalue weighted by molar-refractivity contribution is 9.10. The third kappa shape index (κ3) is 1.48. The van der Waals surface area contributed by atoms with Gasteiger partial charge in [0.05, 0.1) is 11.0 Å². The quantitative estimate of drug-likeness (QED) is 0.793. The second-order valence-electron chi connectivity index (χ2n) is 4.07. The molecule has 0 saturated carbocycles. The minimum atomic E-state index is 0.276. The van der Waals surface area contributed by atoms with E-state index in [0.717, 1.165) is 35.2 Å². The van der Waals surface area contributed by atoms with Gasteiger partial charge in [0.1, 0.15) is 5.82 Å². The third-order valence-electron chi connectivity index (χ3n) is 2.96. The van der Waals surface area contributed by atoms with Gasteiger partial charge in [-0.25, -0.2) is 4.98 Å². The first kappa shape index (κ1) is 9.36. The van der Waals surface area contributed by atoms with Crippen molar-refractivity contribution in [1.29, 1.82) is 0 Å². The van der Waals surface area contributed by atoms with Crippen LogP contribution < -0.4 is 5.73 Å². The number of hydrogen-bond donors (Lipinski definition) is 1. The molecule has 2 aromatic rings. The molecule has 2 heterocycles. The summed E-state index contributed by atoms with van der Waals surface area (Å²) in [5.74, 6) is 1.13. The van der Waals surface area contributed by atoms with E-state index < -0.39 is 0 Å². The molecule has 1 unspecified atom stereocenters.